The molecule has 3 aliphatic heterocycles. The summed E-state index contributed by atoms with van der Waals surface area (Å²) in [5.41, 5.74) is 2.68. The summed E-state index contributed by atoms with van der Waals surface area (Å²) in [4.78, 5) is 46.0. The highest BCUT2D eigenvalue weighted by atomic mass is 16.2. The molecule has 0 aliphatic carbocycles. The second kappa shape index (κ2) is 7.13. The molecule has 7 nitrogen and oxygen atoms in total. The Bertz CT molecular complexity index is 1530. The van der Waals surface area contributed by atoms with Crippen molar-refractivity contribution in [3.05, 3.63) is 96.2 Å². The number of aromatic nitrogens is 1. The first kappa shape index (κ1) is 20.2. The van der Waals surface area contributed by atoms with Gasteiger partial charge in [-0.25, -0.2) is 4.90 Å². The highest BCUT2D eigenvalue weighted by Gasteiger charge is 2.70. The van der Waals surface area contributed by atoms with Gasteiger partial charge in [-0.2, -0.15) is 0 Å². The molecule has 4 atom stereocenters. The van der Waals surface area contributed by atoms with E-state index < -0.39 is 23.4 Å². The fourth-order valence-electron chi connectivity index (χ4n) is 6.30. The van der Waals surface area contributed by atoms with Gasteiger partial charge in [-0.15, -0.1) is 0 Å². The molecule has 7 heteroatoms. The molecule has 1 spiro atoms. The largest absolute Gasteiger partial charge is 0.361 e. The number of carbonyl (C=O) groups is 3. The Morgan fingerprint density at radius 2 is 1.57 bits per heavy atom. The maximum Gasteiger partial charge on any atom is 0.250 e. The maximum atomic E-state index is 14.0. The molecule has 3 amide bonds. The Hall–Kier alpha value is -4.23. The van der Waals surface area contributed by atoms with Gasteiger partial charge in [0.1, 0.15) is 5.54 Å². The monoisotopic (exact) mass is 462 g/mol. The van der Waals surface area contributed by atoms with Crippen LogP contribution in [0.4, 0.5) is 11.4 Å². The van der Waals surface area contributed by atoms with E-state index in [1.54, 1.807) is 24.3 Å². The Labute approximate surface area is 201 Å². The summed E-state index contributed by atoms with van der Waals surface area (Å²) in [5.74, 6) is -2.40. The van der Waals surface area contributed by atoms with E-state index >= 15 is 0 Å². The second-order valence-electron chi connectivity index (χ2n) is 9.47. The summed E-state index contributed by atoms with van der Waals surface area (Å²) in [6.45, 7) is 0. The molecule has 3 N–H and O–H groups in total. The molecule has 4 heterocycles. The number of nitrogens with one attached hydrogen (secondary N) is 3. The summed E-state index contributed by atoms with van der Waals surface area (Å²) in [5, 5.41) is 7.54. The molecule has 35 heavy (non-hydrogen) atoms. The summed E-state index contributed by atoms with van der Waals surface area (Å²) < 4.78 is 0. The number of hydrogen-bond acceptors (Lipinski definition) is 4. The van der Waals surface area contributed by atoms with E-state index in [-0.39, 0.29) is 17.7 Å². The molecule has 2 fully saturated rings. The molecule has 0 saturated carbocycles. The summed E-state index contributed by atoms with van der Waals surface area (Å²) in [6.07, 6.45) is 2.45. The van der Waals surface area contributed by atoms with E-state index in [0.29, 0.717) is 17.8 Å². The van der Waals surface area contributed by atoms with E-state index in [0.717, 1.165) is 22.0 Å². The molecule has 172 valence electrons. The average molecular weight is 463 g/mol. The van der Waals surface area contributed by atoms with Gasteiger partial charge in [-0.3, -0.25) is 19.7 Å². The molecule has 2 saturated heterocycles. The standard InChI is InChI=1S/C28H22N4O3/c33-25-23-22(14-16-15-29-20-12-6-4-10-18(16)20)31-28(19-11-5-7-13-21(19)30-27(28)35)24(23)26(34)32(25)17-8-2-1-3-9-17/h1-13,15,22-24,29,31H,14H2,(H,30,35)/t22-,23+,24-,28-/m0/s1. The predicted octanol–water partition coefficient (Wildman–Crippen LogP) is 3.34. The third-order valence-corrected chi connectivity index (χ3v) is 7.75. The van der Waals surface area contributed by atoms with Gasteiger partial charge < -0.3 is 10.3 Å². The van der Waals surface area contributed by atoms with Gasteiger partial charge >= 0.3 is 0 Å². The van der Waals surface area contributed by atoms with Crippen LogP contribution in [0.3, 0.4) is 0 Å². The number of fused-ring (bicyclic) bond motifs is 5. The van der Waals surface area contributed by atoms with Gasteiger partial charge in [0, 0.05) is 34.4 Å². The first-order chi connectivity index (χ1) is 17.1. The maximum absolute atomic E-state index is 14.0. The van der Waals surface area contributed by atoms with Crippen LogP contribution in [0, 0.1) is 11.8 Å². The summed E-state index contributed by atoms with van der Waals surface area (Å²) in [7, 11) is 0. The van der Waals surface area contributed by atoms with E-state index in [9.17, 15) is 14.4 Å². The van der Waals surface area contributed by atoms with Crippen LogP contribution in [0.5, 0.6) is 0 Å². The molecular weight excluding hydrogens is 440 g/mol. The van der Waals surface area contributed by atoms with Crippen molar-refractivity contribution >= 4 is 40.0 Å². The highest BCUT2D eigenvalue weighted by Crippen LogP contribution is 2.53. The van der Waals surface area contributed by atoms with Gasteiger partial charge in [-0.05, 0) is 36.2 Å². The Balaban J connectivity index is 1.38. The van der Waals surface area contributed by atoms with E-state index in [1.807, 2.05) is 60.8 Å². The zero-order valence-electron chi connectivity index (χ0n) is 18.7. The SMILES string of the molecule is O=C1[C@@H]2[C@H](Cc3c[nH]c4ccccc34)N[C@]3(C(=O)Nc4ccccc43)[C@@H]2C(=O)N1c1ccccc1. The lowest BCUT2D eigenvalue weighted by Crippen LogP contribution is -2.53. The molecular formula is C28H22N4O3. The van der Waals surface area contributed by atoms with Crippen LogP contribution in [-0.4, -0.2) is 28.7 Å². The van der Waals surface area contributed by atoms with Crippen molar-refractivity contribution in [2.75, 3.05) is 10.2 Å². The number of hydrogen-bond donors (Lipinski definition) is 3. The zero-order valence-corrected chi connectivity index (χ0v) is 18.7. The molecule has 4 aromatic rings. The molecule has 3 aliphatic rings. The number of rotatable bonds is 3. The quantitative estimate of drug-likeness (QED) is 0.407. The second-order valence-corrected chi connectivity index (χ2v) is 9.47. The normalized spacial score (nSPS) is 27.0. The Morgan fingerprint density at radius 3 is 2.43 bits per heavy atom. The van der Waals surface area contributed by atoms with Crippen molar-refractivity contribution < 1.29 is 14.4 Å². The zero-order chi connectivity index (χ0) is 23.7. The van der Waals surface area contributed by atoms with Crippen LogP contribution >= 0.6 is 0 Å². The molecule has 1 aromatic heterocycles. The number of nitrogens with zero attached hydrogens (tertiary/aromatic N) is 1. The van der Waals surface area contributed by atoms with Crippen LogP contribution in [0.25, 0.3) is 10.9 Å². The number of H-pyrrole nitrogens is 1. The number of aromatic amines is 1. The van der Waals surface area contributed by atoms with Crippen molar-refractivity contribution in [1.82, 2.24) is 10.3 Å². The molecule has 0 unspecified atom stereocenters. The smallest absolute Gasteiger partial charge is 0.250 e. The number of imide groups is 1. The first-order valence-corrected chi connectivity index (χ1v) is 11.8. The summed E-state index contributed by atoms with van der Waals surface area (Å²) >= 11 is 0. The predicted molar refractivity (Wildman–Crippen MR) is 132 cm³/mol. The summed E-state index contributed by atoms with van der Waals surface area (Å²) in [6, 6.07) is 24.0. The van der Waals surface area contributed by atoms with Crippen LogP contribution in [0.2, 0.25) is 0 Å². The lowest BCUT2D eigenvalue weighted by Gasteiger charge is -2.29. The van der Waals surface area contributed by atoms with Crippen LogP contribution in [-0.2, 0) is 26.3 Å². The van der Waals surface area contributed by atoms with Crippen LogP contribution in [0.15, 0.2) is 85.1 Å². The minimum absolute atomic E-state index is 0.266. The number of anilines is 2. The van der Waals surface area contributed by atoms with Gasteiger partial charge in [0.2, 0.25) is 17.7 Å². The number of amides is 3. The Morgan fingerprint density at radius 1 is 0.829 bits per heavy atom. The van der Waals surface area contributed by atoms with Crippen molar-refractivity contribution in [2.24, 2.45) is 11.8 Å². The lowest BCUT2D eigenvalue weighted by atomic mass is 9.76. The van der Waals surface area contributed by atoms with Crippen molar-refractivity contribution in [3.63, 3.8) is 0 Å². The average Bonchev–Trinajstić information content (AvgIpc) is 3.59. The van der Waals surface area contributed by atoms with E-state index in [2.05, 4.69) is 15.6 Å². The molecule has 7 rings (SSSR count). The van der Waals surface area contributed by atoms with Gasteiger partial charge in [0.15, 0.2) is 0 Å². The highest BCUT2D eigenvalue weighted by molar-refractivity contribution is 6.25. The van der Waals surface area contributed by atoms with E-state index in [1.165, 1.54) is 4.90 Å². The van der Waals surface area contributed by atoms with Gasteiger partial charge in [0.25, 0.3) is 0 Å². The van der Waals surface area contributed by atoms with Gasteiger partial charge in [-0.1, -0.05) is 54.6 Å². The lowest BCUT2D eigenvalue weighted by molar-refractivity contribution is -0.130. The van der Waals surface area contributed by atoms with Gasteiger partial charge in [0.05, 0.1) is 17.5 Å². The first-order valence-electron chi connectivity index (χ1n) is 11.8. The minimum atomic E-state index is -1.30. The number of carbonyl (C=O) groups excluding carboxylic acids is 3. The fourth-order valence-corrected chi connectivity index (χ4v) is 6.30. The van der Waals surface area contributed by atoms with Crippen LogP contribution < -0.4 is 15.5 Å². The van der Waals surface area contributed by atoms with Crippen molar-refractivity contribution in [3.8, 4) is 0 Å². The fraction of sp³-hybridized carbons (Fsp3) is 0.179. The topological polar surface area (TPSA) is 94.3 Å². The van der Waals surface area contributed by atoms with Crippen molar-refractivity contribution in [1.29, 1.82) is 0 Å². The minimum Gasteiger partial charge on any atom is -0.361 e. The number of benzene rings is 3. The van der Waals surface area contributed by atoms with Crippen LogP contribution in [0.1, 0.15) is 11.1 Å². The molecule has 3 aromatic carbocycles. The van der Waals surface area contributed by atoms with E-state index in [4.69, 9.17) is 0 Å². The third-order valence-electron chi connectivity index (χ3n) is 7.75. The Kier molecular flexibility index (Phi) is 4.11. The molecule has 0 bridgehead atoms. The number of para-hydroxylation sites is 3. The third kappa shape index (κ3) is 2.61. The molecule has 0 radical (unpaired) electrons. The van der Waals surface area contributed by atoms with Crippen molar-refractivity contribution in [2.45, 2.75) is 18.0 Å².